The number of benzene rings is 1. The summed E-state index contributed by atoms with van der Waals surface area (Å²) in [6.07, 6.45) is -3.77. The molecule has 0 aliphatic heterocycles. The summed E-state index contributed by atoms with van der Waals surface area (Å²) in [5.74, 6) is 0.265. The van der Waals surface area contributed by atoms with Gasteiger partial charge in [0.2, 0.25) is 0 Å². The van der Waals surface area contributed by atoms with Gasteiger partial charge in [0.25, 0.3) is 0 Å². The van der Waals surface area contributed by atoms with Crippen LogP contribution in [0.1, 0.15) is 26.3 Å². The van der Waals surface area contributed by atoms with Crippen molar-refractivity contribution in [2.75, 3.05) is 10.6 Å². The molecule has 1 aromatic carbocycles. The SMILES string of the molecule is CC(C)(C)OC(=O)Nc1ccc(Nc2cc(C(F)(F)F)ccc2Cl)nc1. The van der Waals surface area contributed by atoms with Crippen LogP contribution in [0.4, 0.5) is 35.2 Å². The van der Waals surface area contributed by atoms with Gasteiger partial charge in [0.05, 0.1) is 28.2 Å². The van der Waals surface area contributed by atoms with E-state index in [1.807, 2.05) is 0 Å². The van der Waals surface area contributed by atoms with Crippen molar-refractivity contribution in [3.05, 3.63) is 47.1 Å². The van der Waals surface area contributed by atoms with Crippen LogP contribution in [0.2, 0.25) is 5.02 Å². The number of carbonyl (C=O) groups is 1. The van der Waals surface area contributed by atoms with Gasteiger partial charge >= 0.3 is 12.3 Å². The summed E-state index contributed by atoms with van der Waals surface area (Å²) in [5, 5.41) is 5.34. The molecule has 0 aliphatic carbocycles. The van der Waals surface area contributed by atoms with Gasteiger partial charge in [-0.15, -0.1) is 0 Å². The Hall–Kier alpha value is -2.48. The van der Waals surface area contributed by atoms with E-state index in [-0.39, 0.29) is 16.5 Å². The molecule has 0 spiro atoms. The number of nitrogens with one attached hydrogen (secondary N) is 2. The second kappa shape index (κ2) is 7.41. The van der Waals surface area contributed by atoms with E-state index in [9.17, 15) is 18.0 Å². The Morgan fingerprint density at radius 3 is 2.38 bits per heavy atom. The summed E-state index contributed by atoms with van der Waals surface area (Å²) < 4.78 is 43.5. The molecule has 5 nitrogen and oxygen atoms in total. The van der Waals surface area contributed by atoms with Crippen molar-refractivity contribution < 1.29 is 22.7 Å². The molecule has 0 fully saturated rings. The van der Waals surface area contributed by atoms with Crippen molar-refractivity contribution in [2.24, 2.45) is 0 Å². The van der Waals surface area contributed by atoms with Gasteiger partial charge in [-0.05, 0) is 51.1 Å². The van der Waals surface area contributed by atoms with Crippen LogP contribution in [0.5, 0.6) is 0 Å². The molecule has 2 rings (SSSR count). The van der Waals surface area contributed by atoms with Gasteiger partial charge in [-0.1, -0.05) is 11.6 Å². The van der Waals surface area contributed by atoms with Crippen molar-refractivity contribution in [3.8, 4) is 0 Å². The van der Waals surface area contributed by atoms with Crippen LogP contribution >= 0.6 is 11.6 Å². The highest BCUT2D eigenvalue weighted by Gasteiger charge is 2.31. The number of pyridine rings is 1. The molecule has 1 amide bonds. The summed E-state index contributed by atoms with van der Waals surface area (Å²) in [7, 11) is 0. The van der Waals surface area contributed by atoms with E-state index >= 15 is 0 Å². The Balaban J connectivity index is 2.09. The molecular formula is C17H17ClF3N3O2. The van der Waals surface area contributed by atoms with E-state index in [4.69, 9.17) is 16.3 Å². The van der Waals surface area contributed by atoms with Gasteiger partial charge in [-0.3, -0.25) is 5.32 Å². The molecule has 0 saturated carbocycles. The van der Waals surface area contributed by atoms with Crippen LogP contribution in [-0.4, -0.2) is 16.7 Å². The standard InChI is InChI=1S/C17H17ClF3N3O2/c1-16(2,3)26-15(25)23-11-5-7-14(22-9-11)24-13-8-10(17(19,20)21)4-6-12(13)18/h4-9H,1-3H3,(H,22,24)(H,23,25). The zero-order valence-corrected chi connectivity index (χ0v) is 15.0. The average molecular weight is 388 g/mol. The molecule has 26 heavy (non-hydrogen) atoms. The van der Waals surface area contributed by atoms with Gasteiger partial charge in [0.1, 0.15) is 11.4 Å². The lowest BCUT2D eigenvalue weighted by molar-refractivity contribution is -0.137. The minimum absolute atomic E-state index is 0.0712. The van der Waals surface area contributed by atoms with Crippen LogP contribution in [0.3, 0.4) is 0 Å². The number of hydrogen-bond donors (Lipinski definition) is 2. The summed E-state index contributed by atoms with van der Waals surface area (Å²) >= 11 is 5.93. The maximum Gasteiger partial charge on any atom is 0.416 e. The monoisotopic (exact) mass is 387 g/mol. The Morgan fingerprint density at radius 2 is 1.85 bits per heavy atom. The molecule has 2 aromatic rings. The summed E-state index contributed by atoms with van der Waals surface area (Å²) in [5.41, 5.74) is -1.02. The van der Waals surface area contributed by atoms with E-state index in [0.717, 1.165) is 18.2 Å². The van der Waals surface area contributed by atoms with E-state index in [0.29, 0.717) is 5.69 Å². The third-order valence-corrected chi connectivity index (χ3v) is 3.29. The second-order valence-corrected chi connectivity index (χ2v) is 6.78. The molecule has 0 atom stereocenters. The molecule has 0 radical (unpaired) electrons. The van der Waals surface area contributed by atoms with Gasteiger partial charge in [0, 0.05) is 0 Å². The quantitative estimate of drug-likeness (QED) is 0.694. The van der Waals surface area contributed by atoms with Crippen LogP contribution < -0.4 is 10.6 Å². The van der Waals surface area contributed by atoms with E-state index in [1.165, 1.54) is 18.3 Å². The number of alkyl halides is 3. The summed E-state index contributed by atoms with van der Waals surface area (Å²) in [4.78, 5) is 15.7. The van der Waals surface area contributed by atoms with Crippen LogP contribution in [-0.2, 0) is 10.9 Å². The van der Waals surface area contributed by atoms with Crippen LogP contribution in [0.25, 0.3) is 0 Å². The third-order valence-electron chi connectivity index (χ3n) is 2.97. The maximum atomic E-state index is 12.8. The maximum absolute atomic E-state index is 12.8. The molecule has 2 N–H and O–H groups in total. The number of halogens is 4. The Labute approximate surface area is 153 Å². The smallest absolute Gasteiger partial charge is 0.416 e. The molecule has 1 heterocycles. The number of ether oxygens (including phenoxy) is 1. The van der Waals surface area contributed by atoms with Crippen molar-refractivity contribution in [1.82, 2.24) is 4.98 Å². The highest BCUT2D eigenvalue weighted by atomic mass is 35.5. The molecule has 0 bridgehead atoms. The number of rotatable bonds is 3. The normalized spacial score (nSPS) is 11.8. The van der Waals surface area contributed by atoms with Crippen molar-refractivity contribution in [2.45, 2.75) is 32.5 Å². The lowest BCUT2D eigenvalue weighted by atomic mass is 10.2. The summed E-state index contributed by atoms with van der Waals surface area (Å²) in [6.45, 7) is 5.20. The first-order valence-corrected chi connectivity index (χ1v) is 7.92. The molecule has 9 heteroatoms. The molecule has 0 unspecified atom stereocenters. The van der Waals surface area contributed by atoms with Crippen molar-refractivity contribution in [1.29, 1.82) is 0 Å². The van der Waals surface area contributed by atoms with E-state index in [1.54, 1.807) is 20.8 Å². The Morgan fingerprint density at radius 1 is 1.15 bits per heavy atom. The predicted octanol–water partition coefficient (Wildman–Crippen LogP) is 5.84. The first-order valence-electron chi connectivity index (χ1n) is 7.54. The third kappa shape index (κ3) is 5.80. The van der Waals surface area contributed by atoms with Crippen molar-refractivity contribution >= 4 is 34.9 Å². The van der Waals surface area contributed by atoms with Crippen LogP contribution in [0, 0.1) is 0 Å². The van der Waals surface area contributed by atoms with Gasteiger partial charge in [-0.2, -0.15) is 13.2 Å². The molecule has 0 aliphatic rings. The molecule has 140 valence electrons. The minimum Gasteiger partial charge on any atom is -0.444 e. The number of hydrogen-bond acceptors (Lipinski definition) is 4. The van der Waals surface area contributed by atoms with E-state index in [2.05, 4.69) is 15.6 Å². The fourth-order valence-corrected chi connectivity index (χ4v) is 2.06. The number of anilines is 3. The first-order chi connectivity index (χ1) is 11.9. The topological polar surface area (TPSA) is 63.2 Å². The lowest BCUT2D eigenvalue weighted by Crippen LogP contribution is -2.27. The molecule has 0 saturated heterocycles. The number of carbonyl (C=O) groups excluding carboxylic acids is 1. The Bertz CT molecular complexity index is 787. The fraction of sp³-hybridized carbons (Fsp3) is 0.294. The van der Waals surface area contributed by atoms with Crippen molar-refractivity contribution in [3.63, 3.8) is 0 Å². The highest BCUT2D eigenvalue weighted by molar-refractivity contribution is 6.33. The summed E-state index contributed by atoms with van der Waals surface area (Å²) in [6, 6.07) is 5.97. The predicted molar refractivity (Wildman–Crippen MR) is 93.8 cm³/mol. The highest BCUT2D eigenvalue weighted by Crippen LogP contribution is 2.34. The fourth-order valence-electron chi connectivity index (χ4n) is 1.90. The van der Waals surface area contributed by atoms with E-state index < -0.39 is 23.4 Å². The average Bonchev–Trinajstić information content (AvgIpc) is 2.48. The van der Waals surface area contributed by atoms with Gasteiger partial charge in [0.15, 0.2) is 0 Å². The zero-order chi connectivity index (χ0) is 19.5. The Kier molecular flexibility index (Phi) is 5.65. The largest absolute Gasteiger partial charge is 0.444 e. The zero-order valence-electron chi connectivity index (χ0n) is 14.2. The molecular weight excluding hydrogens is 371 g/mol. The van der Waals surface area contributed by atoms with Gasteiger partial charge in [-0.25, -0.2) is 9.78 Å². The molecule has 1 aromatic heterocycles. The number of amides is 1. The second-order valence-electron chi connectivity index (χ2n) is 6.38. The van der Waals surface area contributed by atoms with Gasteiger partial charge < -0.3 is 10.1 Å². The lowest BCUT2D eigenvalue weighted by Gasteiger charge is -2.19. The minimum atomic E-state index is -4.48. The van der Waals surface area contributed by atoms with Crippen LogP contribution in [0.15, 0.2) is 36.5 Å². The first kappa shape index (κ1) is 19.8. The number of nitrogens with zero attached hydrogens (tertiary/aromatic N) is 1. The number of aromatic nitrogens is 1.